The van der Waals surface area contributed by atoms with E-state index in [0.717, 1.165) is 0 Å². The van der Waals surface area contributed by atoms with E-state index in [1.54, 1.807) is 4.90 Å². The Bertz CT molecular complexity index is 246. The van der Waals surface area contributed by atoms with Gasteiger partial charge in [-0.3, -0.25) is 9.69 Å². The predicted octanol–water partition coefficient (Wildman–Crippen LogP) is 1.92. The second-order valence-corrected chi connectivity index (χ2v) is 4.32. The van der Waals surface area contributed by atoms with Gasteiger partial charge >= 0.3 is 5.97 Å². The van der Waals surface area contributed by atoms with Gasteiger partial charge in [-0.15, -0.1) is 0 Å². The highest BCUT2D eigenvalue weighted by Gasteiger charge is 2.36. The highest BCUT2D eigenvalue weighted by molar-refractivity contribution is 5.72. The van der Waals surface area contributed by atoms with Gasteiger partial charge in [-0.25, -0.2) is 8.78 Å². The molecule has 1 unspecified atom stereocenters. The number of carbonyl (C=O) groups excluding carboxylic acids is 1. The number of ether oxygens (including phenoxy) is 1. The average molecular weight is 235 g/mol. The molecule has 0 saturated carbocycles. The van der Waals surface area contributed by atoms with Gasteiger partial charge in [0.2, 0.25) is 0 Å². The molecule has 1 aliphatic rings. The lowest BCUT2D eigenvalue weighted by atomic mass is 10.0. The van der Waals surface area contributed by atoms with Crippen LogP contribution < -0.4 is 0 Å². The van der Waals surface area contributed by atoms with Crippen LogP contribution in [0.25, 0.3) is 0 Å². The number of hydrogen-bond donors (Lipinski definition) is 0. The fraction of sp³-hybridized carbons (Fsp3) is 0.909. The molecular weight excluding hydrogens is 216 g/mol. The Labute approximate surface area is 94.7 Å². The molecule has 1 atom stereocenters. The summed E-state index contributed by atoms with van der Waals surface area (Å²) in [5.41, 5.74) is 0. The van der Waals surface area contributed by atoms with E-state index in [1.807, 2.05) is 6.92 Å². The zero-order valence-electron chi connectivity index (χ0n) is 9.84. The molecule has 0 aromatic rings. The third-order valence-corrected chi connectivity index (χ3v) is 2.98. The molecule has 1 aliphatic heterocycles. The van der Waals surface area contributed by atoms with E-state index in [0.29, 0.717) is 25.9 Å². The molecular formula is C11H19F2NO2. The fourth-order valence-electron chi connectivity index (χ4n) is 2.05. The van der Waals surface area contributed by atoms with Crippen molar-refractivity contribution in [2.75, 3.05) is 26.7 Å². The number of rotatable bonds is 4. The maximum absolute atomic E-state index is 13.1. The minimum atomic E-state index is -2.60. The Kier molecular flexibility index (Phi) is 4.65. The van der Waals surface area contributed by atoms with Crippen LogP contribution in [0.3, 0.4) is 0 Å². The molecule has 5 heteroatoms. The van der Waals surface area contributed by atoms with Crippen molar-refractivity contribution in [1.29, 1.82) is 0 Å². The monoisotopic (exact) mass is 235 g/mol. The lowest BCUT2D eigenvalue weighted by molar-refractivity contribution is -0.147. The highest BCUT2D eigenvalue weighted by Crippen LogP contribution is 2.27. The summed E-state index contributed by atoms with van der Waals surface area (Å²) < 4.78 is 30.9. The van der Waals surface area contributed by atoms with Gasteiger partial charge in [-0.1, -0.05) is 6.92 Å². The summed E-state index contributed by atoms with van der Waals surface area (Å²) >= 11 is 0. The molecule has 0 spiro atoms. The number of piperidine rings is 1. The van der Waals surface area contributed by atoms with Gasteiger partial charge < -0.3 is 4.74 Å². The Morgan fingerprint density at radius 2 is 2.25 bits per heavy atom. The summed E-state index contributed by atoms with van der Waals surface area (Å²) in [5, 5.41) is 0. The van der Waals surface area contributed by atoms with Gasteiger partial charge in [-0.05, 0) is 19.4 Å². The molecule has 1 saturated heterocycles. The topological polar surface area (TPSA) is 29.5 Å². The summed E-state index contributed by atoms with van der Waals surface area (Å²) in [6.45, 7) is 2.64. The third-order valence-electron chi connectivity index (χ3n) is 2.98. The van der Waals surface area contributed by atoms with E-state index in [4.69, 9.17) is 0 Å². The highest BCUT2D eigenvalue weighted by atomic mass is 19.3. The van der Waals surface area contributed by atoms with Gasteiger partial charge in [0.05, 0.1) is 19.6 Å². The number of carbonyl (C=O) groups is 1. The van der Waals surface area contributed by atoms with E-state index in [2.05, 4.69) is 4.74 Å². The zero-order valence-corrected chi connectivity index (χ0v) is 9.84. The SMILES string of the molecule is CCC(CN1CCCC(F)(F)C1)C(=O)OC. The Hall–Kier alpha value is -0.710. The third kappa shape index (κ3) is 3.70. The number of nitrogens with zero attached hydrogens (tertiary/aromatic N) is 1. The van der Waals surface area contributed by atoms with Crippen LogP contribution in [0.4, 0.5) is 8.78 Å². The second-order valence-electron chi connectivity index (χ2n) is 4.32. The molecule has 94 valence electrons. The van der Waals surface area contributed by atoms with Crippen molar-refractivity contribution in [3.63, 3.8) is 0 Å². The number of halogens is 2. The van der Waals surface area contributed by atoms with E-state index in [1.165, 1.54) is 7.11 Å². The zero-order chi connectivity index (χ0) is 12.2. The van der Waals surface area contributed by atoms with Crippen molar-refractivity contribution in [3.05, 3.63) is 0 Å². The van der Waals surface area contributed by atoms with E-state index in [-0.39, 0.29) is 24.9 Å². The molecule has 0 aliphatic carbocycles. The molecule has 3 nitrogen and oxygen atoms in total. The fourth-order valence-corrected chi connectivity index (χ4v) is 2.05. The largest absolute Gasteiger partial charge is 0.469 e. The molecule has 16 heavy (non-hydrogen) atoms. The van der Waals surface area contributed by atoms with Gasteiger partial charge in [0, 0.05) is 13.0 Å². The van der Waals surface area contributed by atoms with Crippen molar-refractivity contribution >= 4 is 5.97 Å². The molecule has 1 rings (SSSR count). The number of likely N-dealkylation sites (tertiary alicyclic amines) is 1. The van der Waals surface area contributed by atoms with Crippen LogP contribution in [-0.2, 0) is 9.53 Å². The van der Waals surface area contributed by atoms with Crippen LogP contribution in [0.1, 0.15) is 26.2 Å². The Morgan fingerprint density at radius 1 is 1.56 bits per heavy atom. The minimum absolute atomic E-state index is 0.0431. The molecule has 0 amide bonds. The Balaban J connectivity index is 2.48. The van der Waals surface area contributed by atoms with Crippen LogP contribution in [0.15, 0.2) is 0 Å². The van der Waals surface area contributed by atoms with Crippen LogP contribution in [0.5, 0.6) is 0 Å². The lowest BCUT2D eigenvalue weighted by Crippen LogP contribution is -2.45. The smallest absolute Gasteiger partial charge is 0.309 e. The molecule has 0 aromatic heterocycles. The minimum Gasteiger partial charge on any atom is -0.469 e. The summed E-state index contributed by atoms with van der Waals surface area (Å²) in [6.07, 6.45) is 1.07. The number of alkyl halides is 2. The van der Waals surface area contributed by atoms with Gasteiger partial charge in [0.1, 0.15) is 0 Å². The lowest BCUT2D eigenvalue weighted by Gasteiger charge is -2.33. The first kappa shape index (κ1) is 13.4. The normalized spacial score (nSPS) is 22.8. The first-order chi connectivity index (χ1) is 7.48. The summed E-state index contributed by atoms with van der Waals surface area (Å²) in [6, 6.07) is 0. The van der Waals surface area contributed by atoms with E-state index >= 15 is 0 Å². The van der Waals surface area contributed by atoms with Crippen molar-refractivity contribution in [2.24, 2.45) is 5.92 Å². The predicted molar refractivity (Wildman–Crippen MR) is 56.4 cm³/mol. The van der Waals surface area contributed by atoms with Gasteiger partial charge in [-0.2, -0.15) is 0 Å². The van der Waals surface area contributed by atoms with Crippen molar-refractivity contribution < 1.29 is 18.3 Å². The average Bonchev–Trinajstić information content (AvgIpc) is 2.23. The molecule has 0 bridgehead atoms. The maximum atomic E-state index is 13.1. The van der Waals surface area contributed by atoms with Crippen LogP contribution in [-0.4, -0.2) is 43.5 Å². The summed E-state index contributed by atoms with van der Waals surface area (Å²) in [5.74, 6) is -3.21. The van der Waals surface area contributed by atoms with Crippen molar-refractivity contribution in [3.8, 4) is 0 Å². The second kappa shape index (κ2) is 5.57. The Morgan fingerprint density at radius 3 is 2.75 bits per heavy atom. The first-order valence-electron chi connectivity index (χ1n) is 5.66. The van der Waals surface area contributed by atoms with E-state index in [9.17, 15) is 13.6 Å². The molecule has 1 fully saturated rings. The molecule has 0 radical (unpaired) electrons. The number of hydrogen-bond acceptors (Lipinski definition) is 3. The van der Waals surface area contributed by atoms with Crippen LogP contribution in [0.2, 0.25) is 0 Å². The van der Waals surface area contributed by atoms with Crippen molar-refractivity contribution in [2.45, 2.75) is 32.1 Å². The molecule has 1 heterocycles. The van der Waals surface area contributed by atoms with E-state index < -0.39 is 5.92 Å². The summed E-state index contributed by atoms with van der Waals surface area (Å²) in [7, 11) is 1.33. The summed E-state index contributed by atoms with van der Waals surface area (Å²) in [4.78, 5) is 13.0. The van der Waals surface area contributed by atoms with Gasteiger partial charge in [0.25, 0.3) is 5.92 Å². The molecule has 0 aromatic carbocycles. The van der Waals surface area contributed by atoms with Crippen LogP contribution >= 0.6 is 0 Å². The quantitative estimate of drug-likeness (QED) is 0.697. The molecule has 0 N–H and O–H groups in total. The van der Waals surface area contributed by atoms with Crippen molar-refractivity contribution in [1.82, 2.24) is 4.90 Å². The van der Waals surface area contributed by atoms with Gasteiger partial charge in [0.15, 0.2) is 0 Å². The number of esters is 1. The first-order valence-corrected chi connectivity index (χ1v) is 5.66. The standard InChI is InChI=1S/C11H19F2NO2/c1-3-9(10(15)16-2)7-14-6-4-5-11(12,13)8-14/h9H,3-8H2,1-2H3. The van der Waals surface area contributed by atoms with Crippen LogP contribution in [0, 0.1) is 5.92 Å². The number of methoxy groups -OCH3 is 1. The maximum Gasteiger partial charge on any atom is 0.309 e.